The lowest BCUT2D eigenvalue weighted by Gasteiger charge is -2.40. The van der Waals surface area contributed by atoms with Gasteiger partial charge in [-0.25, -0.2) is 0 Å². The lowest BCUT2D eigenvalue weighted by atomic mass is 9.96. The molecule has 0 atom stereocenters. The second kappa shape index (κ2) is 12.6. The molecule has 0 bridgehead atoms. The van der Waals surface area contributed by atoms with Gasteiger partial charge in [-0.3, -0.25) is 4.90 Å². The number of hydrogen-bond acceptors (Lipinski definition) is 4. The van der Waals surface area contributed by atoms with Gasteiger partial charge in [-0.05, 0) is 44.8 Å². The highest BCUT2D eigenvalue weighted by atomic mass is 16.3. The molecule has 0 amide bonds. The molecule has 0 aliphatic carbocycles. The molecule has 1 saturated heterocycles. The molecule has 0 radical (unpaired) electrons. The molecule has 2 aliphatic heterocycles. The molecule has 2 rings (SSSR count). The first-order valence-electron chi connectivity index (χ1n) is 9.78. The number of likely N-dealkylation sites (tertiary alicyclic amines) is 1. The maximum Gasteiger partial charge on any atom is 0.0558 e. The number of β-amino-alcohol motifs (C(OH)–C–C–N with tert-alkyl or cyclic N) is 1. The lowest BCUT2D eigenvalue weighted by Crippen LogP contribution is -2.47. The average Bonchev–Trinajstić information content (AvgIpc) is 2.62. The Bertz CT molecular complexity index is 382. The van der Waals surface area contributed by atoms with Crippen molar-refractivity contribution < 1.29 is 5.11 Å². The fourth-order valence-electron chi connectivity index (χ4n) is 3.27. The Morgan fingerprint density at radius 1 is 1.17 bits per heavy atom. The molecular formula is C20H39N3O. The molecule has 0 aromatic heterocycles. The van der Waals surface area contributed by atoms with Crippen molar-refractivity contribution in [3.05, 3.63) is 23.3 Å². The minimum absolute atomic E-state index is 0.282. The minimum Gasteiger partial charge on any atom is -0.395 e. The molecule has 4 heteroatoms. The smallest absolute Gasteiger partial charge is 0.0558 e. The van der Waals surface area contributed by atoms with Crippen LogP contribution in [0, 0.1) is 0 Å². The Balaban J connectivity index is 0.000000648. The molecule has 24 heavy (non-hydrogen) atoms. The highest BCUT2D eigenvalue weighted by molar-refractivity contribution is 5.28. The zero-order chi connectivity index (χ0) is 17.8. The Morgan fingerprint density at radius 3 is 2.38 bits per heavy atom. The highest BCUT2D eigenvalue weighted by Crippen LogP contribution is 2.24. The quantitative estimate of drug-likeness (QED) is 0.782. The summed E-state index contributed by atoms with van der Waals surface area (Å²) in [6, 6.07) is 0.708. The van der Waals surface area contributed by atoms with Crippen LogP contribution in [0.4, 0.5) is 0 Å². The van der Waals surface area contributed by atoms with Crippen molar-refractivity contribution in [3.63, 3.8) is 0 Å². The van der Waals surface area contributed by atoms with Crippen molar-refractivity contribution in [3.8, 4) is 0 Å². The van der Waals surface area contributed by atoms with Crippen LogP contribution in [0.2, 0.25) is 0 Å². The van der Waals surface area contributed by atoms with Gasteiger partial charge in [-0.15, -0.1) is 0 Å². The summed E-state index contributed by atoms with van der Waals surface area (Å²) in [5, 5.41) is 9.00. The van der Waals surface area contributed by atoms with Crippen molar-refractivity contribution in [2.24, 2.45) is 5.73 Å². The van der Waals surface area contributed by atoms with Gasteiger partial charge < -0.3 is 15.7 Å². The van der Waals surface area contributed by atoms with Crippen molar-refractivity contribution in [2.75, 3.05) is 45.9 Å². The Hall–Kier alpha value is -0.680. The third-order valence-corrected chi connectivity index (χ3v) is 5.14. The van der Waals surface area contributed by atoms with E-state index in [2.05, 4.69) is 42.7 Å². The van der Waals surface area contributed by atoms with Gasteiger partial charge in [0, 0.05) is 32.2 Å². The van der Waals surface area contributed by atoms with Crippen LogP contribution in [-0.4, -0.2) is 66.8 Å². The fourth-order valence-corrected chi connectivity index (χ4v) is 3.27. The summed E-state index contributed by atoms with van der Waals surface area (Å²) in [7, 11) is 0. The number of unbranched alkanes of at least 4 members (excludes halogenated alkanes) is 1. The van der Waals surface area contributed by atoms with Crippen LogP contribution in [0.15, 0.2) is 23.3 Å². The van der Waals surface area contributed by atoms with Crippen LogP contribution in [0.3, 0.4) is 0 Å². The SMILES string of the molecule is CC1=C(/C=C\CN)CN(C2CCN(CCO)CC2)CC1.CCCC. The van der Waals surface area contributed by atoms with E-state index in [-0.39, 0.29) is 6.61 Å². The molecular weight excluding hydrogens is 298 g/mol. The third kappa shape index (κ3) is 7.47. The van der Waals surface area contributed by atoms with Gasteiger partial charge in [0.1, 0.15) is 0 Å². The van der Waals surface area contributed by atoms with Gasteiger partial charge in [0.15, 0.2) is 0 Å². The predicted octanol–water partition coefficient (Wildman–Crippen LogP) is 2.79. The van der Waals surface area contributed by atoms with Crippen molar-refractivity contribution >= 4 is 0 Å². The predicted molar refractivity (Wildman–Crippen MR) is 104 cm³/mol. The van der Waals surface area contributed by atoms with Gasteiger partial charge in [0.2, 0.25) is 0 Å². The molecule has 3 N–H and O–H groups in total. The van der Waals surface area contributed by atoms with Crippen LogP contribution in [-0.2, 0) is 0 Å². The Morgan fingerprint density at radius 2 is 1.83 bits per heavy atom. The first-order chi connectivity index (χ1) is 11.7. The third-order valence-electron chi connectivity index (χ3n) is 5.14. The molecule has 0 unspecified atom stereocenters. The first-order valence-corrected chi connectivity index (χ1v) is 9.78. The monoisotopic (exact) mass is 337 g/mol. The largest absolute Gasteiger partial charge is 0.395 e. The maximum absolute atomic E-state index is 9.00. The van der Waals surface area contributed by atoms with Crippen molar-refractivity contribution in [1.29, 1.82) is 0 Å². The van der Waals surface area contributed by atoms with E-state index in [0.29, 0.717) is 12.6 Å². The van der Waals surface area contributed by atoms with Gasteiger partial charge in [-0.2, -0.15) is 0 Å². The van der Waals surface area contributed by atoms with Gasteiger partial charge >= 0.3 is 0 Å². The molecule has 0 aromatic carbocycles. The van der Waals surface area contributed by atoms with E-state index in [1.165, 1.54) is 49.8 Å². The standard InChI is InChI=1S/C16H29N3O.C4H10/c1-14-4-10-19(13-15(14)3-2-7-17)16-5-8-18(9-6-16)11-12-20;1-3-4-2/h2-3,16,20H,4-13,17H2,1H3;3-4H2,1-2H3/b3-2-;. The van der Waals surface area contributed by atoms with Crippen LogP contribution < -0.4 is 5.73 Å². The van der Waals surface area contributed by atoms with E-state index < -0.39 is 0 Å². The number of aliphatic hydroxyl groups excluding tert-OH is 1. The summed E-state index contributed by atoms with van der Waals surface area (Å²) >= 11 is 0. The van der Waals surface area contributed by atoms with Crippen LogP contribution in [0.1, 0.15) is 52.9 Å². The van der Waals surface area contributed by atoms with Gasteiger partial charge in [0.25, 0.3) is 0 Å². The Labute approximate surface area is 149 Å². The summed E-state index contributed by atoms with van der Waals surface area (Å²) in [6.45, 7) is 12.9. The van der Waals surface area contributed by atoms with Gasteiger partial charge in [0.05, 0.1) is 6.61 Å². The van der Waals surface area contributed by atoms with Crippen molar-refractivity contribution in [2.45, 2.75) is 58.9 Å². The molecule has 0 spiro atoms. The molecule has 140 valence electrons. The van der Waals surface area contributed by atoms with E-state index in [1.807, 2.05) is 0 Å². The zero-order valence-corrected chi connectivity index (χ0v) is 16.1. The second-order valence-corrected chi connectivity index (χ2v) is 6.96. The number of nitrogens with two attached hydrogens (primary N) is 1. The molecule has 1 fully saturated rings. The van der Waals surface area contributed by atoms with E-state index in [9.17, 15) is 0 Å². The van der Waals surface area contributed by atoms with Crippen LogP contribution >= 0.6 is 0 Å². The normalized spacial score (nSPS) is 21.2. The summed E-state index contributed by atoms with van der Waals surface area (Å²) in [4.78, 5) is 5.01. The molecule has 2 heterocycles. The highest BCUT2D eigenvalue weighted by Gasteiger charge is 2.26. The molecule has 0 saturated carbocycles. The number of rotatable bonds is 6. The lowest BCUT2D eigenvalue weighted by molar-refractivity contribution is 0.0997. The maximum atomic E-state index is 9.00. The summed E-state index contributed by atoms with van der Waals surface area (Å²) in [5.74, 6) is 0. The number of aliphatic hydroxyl groups is 1. The van der Waals surface area contributed by atoms with E-state index >= 15 is 0 Å². The topological polar surface area (TPSA) is 52.7 Å². The van der Waals surface area contributed by atoms with Crippen LogP contribution in [0.5, 0.6) is 0 Å². The van der Waals surface area contributed by atoms with E-state index in [0.717, 1.165) is 26.2 Å². The van der Waals surface area contributed by atoms with Gasteiger partial charge in [-0.1, -0.05) is 44.4 Å². The van der Waals surface area contributed by atoms with E-state index in [1.54, 1.807) is 0 Å². The van der Waals surface area contributed by atoms with Crippen LogP contribution in [0.25, 0.3) is 0 Å². The molecule has 4 nitrogen and oxygen atoms in total. The summed E-state index contributed by atoms with van der Waals surface area (Å²) in [5.41, 5.74) is 8.54. The van der Waals surface area contributed by atoms with Crippen molar-refractivity contribution in [1.82, 2.24) is 9.80 Å². The Kier molecular flexibility index (Phi) is 11.3. The summed E-state index contributed by atoms with van der Waals surface area (Å²) in [6.07, 6.45) is 10.6. The summed E-state index contributed by atoms with van der Waals surface area (Å²) < 4.78 is 0. The van der Waals surface area contributed by atoms with E-state index in [4.69, 9.17) is 10.8 Å². The fraction of sp³-hybridized carbons (Fsp3) is 0.800. The number of nitrogens with zero attached hydrogens (tertiary/aromatic N) is 2. The molecule has 0 aromatic rings. The number of hydrogen-bond donors (Lipinski definition) is 2. The molecule has 2 aliphatic rings. The second-order valence-electron chi connectivity index (χ2n) is 6.96. The average molecular weight is 338 g/mol. The number of piperidine rings is 1. The minimum atomic E-state index is 0.282. The first kappa shape index (κ1) is 21.4. The zero-order valence-electron chi connectivity index (χ0n) is 16.1.